The zero-order chi connectivity index (χ0) is 18.1. The Bertz CT molecular complexity index is 1060. The third-order valence-electron chi connectivity index (χ3n) is 4.34. The van der Waals surface area contributed by atoms with E-state index in [4.69, 9.17) is 4.74 Å². The molecule has 3 aromatic carbocycles. The summed E-state index contributed by atoms with van der Waals surface area (Å²) in [6.07, 6.45) is 0. The van der Waals surface area contributed by atoms with Crippen LogP contribution in [0, 0.1) is 0 Å². The first-order chi connectivity index (χ1) is 12.6. The number of ether oxygens (including phenoxy) is 1. The van der Waals surface area contributed by atoms with Gasteiger partial charge in [-0.3, -0.25) is 0 Å². The van der Waals surface area contributed by atoms with Crippen LogP contribution >= 0.6 is 47.8 Å². The van der Waals surface area contributed by atoms with E-state index in [0.29, 0.717) is 6.61 Å². The Hall–Kier alpha value is -1.30. The van der Waals surface area contributed by atoms with Crippen LogP contribution in [0.25, 0.3) is 21.8 Å². The van der Waals surface area contributed by atoms with Gasteiger partial charge in [-0.2, -0.15) is 0 Å². The molecule has 0 fully saturated rings. The van der Waals surface area contributed by atoms with Gasteiger partial charge < -0.3 is 9.30 Å². The van der Waals surface area contributed by atoms with E-state index in [1.54, 1.807) is 0 Å². The molecule has 0 aliphatic carbocycles. The van der Waals surface area contributed by atoms with Crippen LogP contribution < -0.4 is 4.74 Å². The van der Waals surface area contributed by atoms with Gasteiger partial charge in [0, 0.05) is 31.8 Å². The number of fused-ring (bicyclic) bond motifs is 3. The summed E-state index contributed by atoms with van der Waals surface area (Å²) in [5, 5.41) is 2.50. The Labute approximate surface area is 177 Å². The van der Waals surface area contributed by atoms with Crippen LogP contribution in [0.15, 0.2) is 75.7 Å². The maximum absolute atomic E-state index is 5.91. The number of hydrogen-bond donors (Lipinski definition) is 0. The molecule has 0 aliphatic rings. The Balaban J connectivity index is 1.68. The van der Waals surface area contributed by atoms with E-state index >= 15 is 0 Å². The number of nitrogens with zero attached hydrogens (tertiary/aromatic N) is 1. The summed E-state index contributed by atoms with van der Waals surface area (Å²) >= 11 is 11.2. The smallest absolute Gasteiger partial charge is 0.119 e. The van der Waals surface area contributed by atoms with Crippen LogP contribution in [0.4, 0.5) is 0 Å². The first-order valence-electron chi connectivity index (χ1n) is 8.31. The zero-order valence-electron chi connectivity index (χ0n) is 13.8. The molecule has 4 aromatic rings. The molecule has 0 spiro atoms. The van der Waals surface area contributed by atoms with Crippen molar-refractivity contribution in [2.24, 2.45) is 0 Å². The molecule has 0 aliphatic heterocycles. The summed E-state index contributed by atoms with van der Waals surface area (Å²) in [5.41, 5.74) is 2.43. The van der Waals surface area contributed by atoms with Crippen molar-refractivity contribution < 1.29 is 4.74 Å². The second kappa shape index (κ2) is 7.75. The lowest BCUT2D eigenvalue weighted by Gasteiger charge is -2.15. The highest BCUT2D eigenvalue weighted by Gasteiger charge is 2.16. The second-order valence-corrected chi connectivity index (χ2v) is 9.20. The summed E-state index contributed by atoms with van der Waals surface area (Å²) in [4.78, 5) is 0.192. The van der Waals surface area contributed by atoms with E-state index < -0.39 is 0 Å². The maximum Gasteiger partial charge on any atom is 0.119 e. The Morgan fingerprint density at radius 3 is 2.42 bits per heavy atom. The topological polar surface area (TPSA) is 14.2 Å². The largest absolute Gasteiger partial charge is 0.492 e. The summed E-state index contributed by atoms with van der Waals surface area (Å²) in [6, 6.07) is 22.7. The first kappa shape index (κ1) is 18.1. The number of para-hydroxylation sites is 2. The molecule has 1 unspecified atom stereocenters. The number of aromatic nitrogens is 1. The van der Waals surface area contributed by atoms with E-state index in [9.17, 15) is 0 Å². The Morgan fingerprint density at radius 1 is 0.885 bits per heavy atom. The fourth-order valence-electron chi connectivity index (χ4n) is 3.25. The predicted molar refractivity (Wildman–Crippen MR) is 119 cm³/mol. The van der Waals surface area contributed by atoms with Crippen molar-refractivity contribution in [3.63, 3.8) is 0 Å². The molecule has 0 saturated heterocycles. The summed E-state index contributed by atoms with van der Waals surface area (Å²) < 4.78 is 10.4. The van der Waals surface area contributed by atoms with Gasteiger partial charge >= 0.3 is 0 Å². The van der Waals surface area contributed by atoms with Crippen LogP contribution in [0.5, 0.6) is 5.75 Å². The van der Waals surface area contributed by atoms with Crippen LogP contribution in [0.2, 0.25) is 0 Å². The van der Waals surface area contributed by atoms with Crippen molar-refractivity contribution >= 4 is 69.6 Å². The third-order valence-corrected chi connectivity index (χ3v) is 5.95. The van der Waals surface area contributed by atoms with Gasteiger partial charge in [0.05, 0.1) is 10.3 Å². The second-order valence-electron chi connectivity index (χ2n) is 6.13. The van der Waals surface area contributed by atoms with Gasteiger partial charge in [0.25, 0.3) is 0 Å². The molecule has 2 nitrogen and oxygen atoms in total. The van der Waals surface area contributed by atoms with Gasteiger partial charge in [-0.25, -0.2) is 0 Å². The number of rotatable bonds is 5. The average Bonchev–Trinajstić information content (AvgIpc) is 2.95. The van der Waals surface area contributed by atoms with Gasteiger partial charge in [0.2, 0.25) is 0 Å². The lowest BCUT2D eigenvalue weighted by Crippen LogP contribution is -2.18. The van der Waals surface area contributed by atoms with Crippen LogP contribution in [0.3, 0.4) is 0 Å². The van der Waals surface area contributed by atoms with Gasteiger partial charge in [0.15, 0.2) is 0 Å². The molecule has 0 amide bonds. The number of benzene rings is 3. The Kier molecular flexibility index (Phi) is 5.39. The minimum atomic E-state index is 0.192. The minimum Gasteiger partial charge on any atom is -0.492 e. The maximum atomic E-state index is 5.91. The highest BCUT2D eigenvalue weighted by molar-refractivity contribution is 9.11. The quantitative estimate of drug-likeness (QED) is 0.246. The molecule has 26 heavy (non-hydrogen) atoms. The van der Waals surface area contributed by atoms with Gasteiger partial charge in [-0.15, -0.1) is 0 Å². The van der Waals surface area contributed by atoms with Gasteiger partial charge in [0.1, 0.15) is 12.4 Å². The standard InChI is InChI=1S/C21H16Br3NO/c22-14-10-18-17-8-4-5-9-20(17)25(21(18)19(24)11-14)12-15(23)13-26-16-6-2-1-3-7-16/h1-11,15H,12-13H2. The van der Waals surface area contributed by atoms with Gasteiger partial charge in [-0.05, 0) is 46.3 Å². The molecular formula is C21H16Br3NO. The minimum absolute atomic E-state index is 0.192. The normalized spacial score (nSPS) is 12.6. The molecule has 0 saturated carbocycles. The van der Waals surface area contributed by atoms with E-state index in [2.05, 4.69) is 88.8 Å². The molecule has 0 radical (unpaired) electrons. The van der Waals surface area contributed by atoms with Crippen molar-refractivity contribution in [1.29, 1.82) is 0 Å². The Morgan fingerprint density at radius 2 is 1.62 bits per heavy atom. The lowest BCUT2D eigenvalue weighted by molar-refractivity contribution is 0.311. The highest BCUT2D eigenvalue weighted by atomic mass is 79.9. The van der Waals surface area contributed by atoms with Crippen molar-refractivity contribution in [1.82, 2.24) is 4.57 Å². The van der Waals surface area contributed by atoms with Crippen molar-refractivity contribution in [2.75, 3.05) is 6.61 Å². The van der Waals surface area contributed by atoms with E-state index in [1.807, 2.05) is 30.3 Å². The zero-order valence-corrected chi connectivity index (χ0v) is 18.6. The third kappa shape index (κ3) is 3.57. The van der Waals surface area contributed by atoms with Crippen molar-refractivity contribution in [3.05, 3.63) is 75.7 Å². The van der Waals surface area contributed by atoms with Crippen molar-refractivity contribution in [2.45, 2.75) is 11.4 Å². The molecule has 4 rings (SSSR count). The van der Waals surface area contributed by atoms with E-state index in [-0.39, 0.29) is 4.83 Å². The predicted octanol–water partition coefficient (Wildman–Crippen LogP) is 7.16. The molecular weight excluding hydrogens is 522 g/mol. The number of alkyl halides is 1. The monoisotopic (exact) mass is 535 g/mol. The molecule has 0 N–H and O–H groups in total. The van der Waals surface area contributed by atoms with Crippen molar-refractivity contribution in [3.8, 4) is 5.75 Å². The molecule has 1 heterocycles. The molecule has 132 valence electrons. The fraction of sp³-hybridized carbons (Fsp3) is 0.143. The summed E-state index contributed by atoms with van der Waals surface area (Å²) in [5.74, 6) is 0.893. The molecule has 5 heteroatoms. The van der Waals surface area contributed by atoms with E-state index in [1.165, 1.54) is 21.8 Å². The van der Waals surface area contributed by atoms with E-state index in [0.717, 1.165) is 21.2 Å². The average molecular weight is 538 g/mol. The number of hydrogen-bond acceptors (Lipinski definition) is 1. The SMILES string of the molecule is Brc1cc(Br)c2c(c1)c1ccccc1n2CC(Br)COc1ccccc1. The first-order valence-corrected chi connectivity index (χ1v) is 10.8. The highest BCUT2D eigenvalue weighted by Crippen LogP contribution is 2.36. The molecule has 1 atom stereocenters. The van der Waals surface area contributed by atoms with Gasteiger partial charge in [-0.1, -0.05) is 68.3 Å². The fourth-order valence-corrected chi connectivity index (χ4v) is 5.11. The van der Waals surface area contributed by atoms with Crippen LogP contribution in [-0.2, 0) is 6.54 Å². The van der Waals surface area contributed by atoms with Crippen LogP contribution in [0.1, 0.15) is 0 Å². The number of halogens is 3. The van der Waals surface area contributed by atoms with Crippen LogP contribution in [-0.4, -0.2) is 16.0 Å². The lowest BCUT2D eigenvalue weighted by atomic mass is 10.2. The summed E-state index contributed by atoms with van der Waals surface area (Å²) in [7, 11) is 0. The summed E-state index contributed by atoms with van der Waals surface area (Å²) in [6.45, 7) is 1.42. The molecule has 0 bridgehead atoms. The molecule has 1 aromatic heterocycles.